The summed E-state index contributed by atoms with van der Waals surface area (Å²) in [5.74, 6) is 0.669. The minimum atomic E-state index is -0.308. The predicted molar refractivity (Wildman–Crippen MR) is 113 cm³/mol. The first-order valence-corrected chi connectivity index (χ1v) is 9.66. The summed E-state index contributed by atoms with van der Waals surface area (Å²) in [5, 5.41) is 4.50. The van der Waals surface area contributed by atoms with Crippen molar-refractivity contribution in [2.75, 3.05) is 34.8 Å². The molecule has 0 saturated carbocycles. The van der Waals surface area contributed by atoms with E-state index in [0.717, 1.165) is 34.4 Å². The van der Waals surface area contributed by atoms with Crippen LogP contribution in [0.5, 0.6) is 0 Å². The molecule has 4 rings (SSSR count). The quantitative estimate of drug-likeness (QED) is 0.657. The van der Waals surface area contributed by atoms with Crippen LogP contribution in [0.2, 0.25) is 0 Å². The first kappa shape index (κ1) is 18.3. The van der Waals surface area contributed by atoms with Crippen molar-refractivity contribution >= 4 is 34.4 Å². The summed E-state index contributed by atoms with van der Waals surface area (Å²) in [6.45, 7) is 5.99. The third kappa shape index (κ3) is 3.54. The number of hydrogen-bond acceptors (Lipinski definition) is 4. The zero-order valence-electron chi connectivity index (χ0n) is 16.2. The number of aromatic amines is 1. The molecular formula is C22H25FN4O. The van der Waals surface area contributed by atoms with Crippen molar-refractivity contribution in [1.29, 1.82) is 0 Å². The number of para-hydroxylation sites is 1. The lowest BCUT2D eigenvalue weighted by Gasteiger charge is -2.41. The molecule has 5 nitrogen and oxygen atoms in total. The first-order chi connectivity index (χ1) is 13.5. The van der Waals surface area contributed by atoms with Gasteiger partial charge >= 0.3 is 0 Å². The number of benzene rings is 2. The van der Waals surface area contributed by atoms with Gasteiger partial charge < -0.3 is 24.9 Å². The minimum absolute atomic E-state index is 0.235. The number of carbonyl (C=O) groups is 1. The molecule has 2 N–H and O–H groups in total. The number of nitrogens with one attached hydrogen (secondary N) is 2. The van der Waals surface area contributed by atoms with Gasteiger partial charge in [-0.05, 0) is 44.2 Å². The van der Waals surface area contributed by atoms with Crippen LogP contribution in [0.4, 0.5) is 21.6 Å². The minimum Gasteiger partial charge on any atom is -0.381 e. The molecule has 1 aliphatic rings. The summed E-state index contributed by atoms with van der Waals surface area (Å²) in [6, 6.07) is 14.9. The molecule has 1 fully saturated rings. The molecule has 2 aromatic carbocycles. The van der Waals surface area contributed by atoms with E-state index in [1.165, 1.54) is 6.07 Å². The Kier molecular flexibility index (Phi) is 4.94. The molecule has 6 heteroatoms. The number of aromatic nitrogens is 1. The second kappa shape index (κ2) is 7.54. The molecule has 1 aliphatic heterocycles. The second-order valence-electron chi connectivity index (χ2n) is 7.55. The number of nitrogens with zero attached hydrogens (tertiary/aromatic N) is 2. The third-order valence-electron chi connectivity index (χ3n) is 5.15. The van der Waals surface area contributed by atoms with Crippen LogP contribution in [0, 0.1) is 5.82 Å². The lowest BCUT2D eigenvalue weighted by Crippen LogP contribution is -2.54. The van der Waals surface area contributed by atoms with E-state index in [4.69, 9.17) is 0 Å². The number of halogens is 1. The molecule has 146 valence electrons. The Balaban J connectivity index is 1.60. The fourth-order valence-corrected chi connectivity index (χ4v) is 3.86. The number of carbonyl (C=O) groups excluding carboxylic acids is 1. The van der Waals surface area contributed by atoms with Gasteiger partial charge in [0.05, 0.1) is 11.4 Å². The first-order valence-electron chi connectivity index (χ1n) is 9.66. The fourth-order valence-electron chi connectivity index (χ4n) is 3.86. The highest BCUT2D eigenvalue weighted by Crippen LogP contribution is 2.31. The fraction of sp³-hybridized carbons (Fsp3) is 0.318. The lowest BCUT2D eigenvalue weighted by atomic mass is 10.1. The molecule has 1 aromatic heterocycles. The van der Waals surface area contributed by atoms with E-state index >= 15 is 0 Å². The molecule has 0 bridgehead atoms. The maximum Gasteiger partial charge on any atom is 0.144 e. The zero-order valence-corrected chi connectivity index (χ0v) is 16.2. The average molecular weight is 380 g/mol. The van der Waals surface area contributed by atoms with Crippen LogP contribution in [-0.2, 0) is 4.79 Å². The average Bonchev–Trinajstić information content (AvgIpc) is 3.12. The smallest absolute Gasteiger partial charge is 0.144 e. The van der Waals surface area contributed by atoms with Gasteiger partial charge in [0.15, 0.2) is 0 Å². The summed E-state index contributed by atoms with van der Waals surface area (Å²) < 4.78 is 13.9. The van der Waals surface area contributed by atoms with Gasteiger partial charge in [-0.15, -0.1) is 0 Å². The number of anilines is 3. The van der Waals surface area contributed by atoms with Gasteiger partial charge in [-0.2, -0.15) is 0 Å². The van der Waals surface area contributed by atoms with Gasteiger partial charge in [-0.1, -0.05) is 18.2 Å². The topological polar surface area (TPSA) is 51.4 Å². The zero-order chi connectivity index (χ0) is 19.7. The molecule has 1 unspecified atom stereocenters. The Morgan fingerprint density at radius 1 is 1.18 bits per heavy atom. The number of piperazine rings is 1. The van der Waals surface area contributed by atoms with E-state index in [-0.39, 0.29) is 17.9 Å². The van der Waals surface area contributed by atoms with E-state index in [1.54, 1.807) is 12.1 Å². The SMILES string of the molecule is CC(C)Nc1ccc(F)cc1N1CCN(c2cc3ccccc3[nH]2)C(C=O)C1. The Morgan fingerprint density at radius 3 is 2.75 bits per heavy atom. The Bertz CT molecular complexity index is 951. The van der Waals surface area contributed by atoms with Crippen molar-refractivity contribution in [2.24, 2.45) is 0 Å². The summed E-state index contributed by atoms with van der Waals surface area (Å²) in [4.78, 5) is 19.5. The molecular weight excluding hydrogens is 355 g/mol. The van der Waals surface area contributed by atoms with Gasteiger partial charge in [0.2, 0.25) is 0 Å². The van der Waals surface area contributed by atoms with Crippen molar-refractivity contribution in [3.8, 4) is 0 Å². The number of aldehydes is 1. The van der Waals surface area contributed by atoms with E-state index in [1.807, 2.05) is 18.2 Å². The van der Waals surface area contributed by atoms with Crippen LogP contribution in [0.1, 0.15) is 13.8 Å². The van der Waals surface area contributed by atoms with Gasteiger partial charge in [0.1, 0.15) is 24.0 Å². The summed E-state index contributed by atoms with van der Waals surface area (Å²) in [7, 11) is 0. The summed E-state index contributed by atoms with van der Waals surface area (Å²) in [5.41, 5.74) is 2.75. The Hall–Kier alpha value is -3.02. The number of H-pyrrole nitrogens is 1. The van der Waals surface area contributed by atoms with Crippen LogP contribution in [0.15, 0.2) is 48.5 Å². The van der Waals surface area contributed by atoms with Gasteiger partial charge in [0, 0.05) is 36.6 Å². The molecule has 0 amide bonds. The molecule has 1 atom stereocenters. The van der Waals surface area contributed by atoms with Crippen molar-refractivity contribution in [1.82, 2.24) is 4.98 Å². The van der Waals surface area contributed by atoms with Crippen LogP contribution in [0.3, 0.4) is 0 Å². The normalized spacial score (nSPS) is 17.4. The number of rotatable bonds is 5. The highest BCUT2D eigenvalue weighted by Gasteiger charge is 2.29. The van der Waals surface area contributed by atoms with E-state index < -0.39 is 0 Å². The molecule has 0 spiro atoms. The van der Waals surface area contributed by atoms with Crippen molar-refractivity contribution in [3.05, 3.63) is 54.3 Å². The predicted octanol–water partition coefficient (Wildman–Crippen LogP) is 4.02. The summed E-state index contributed by atoms with van der Waals surface area (Å²) in [6.07, 6.45) is 0.979. The highest BCUT2D eigenvalue weighted by atomic mass is 19.1. The van der Waals surface area contributed by atoms with E-state index in [2.05, 4.69) is 46.1 Å². The molecule has 2 heterocycles. The second-order valence-corrected chi connectivity index (χ2v) is 7.55. The maximum absolute atomic E-state index is 13.9. The van der Waals surface area contributed by atoms with E-state index in [0.29, 0.717) is 19.6 Å². The van der Waals surface area contributed by atoms with Crippen molar-refractivity contribution in [2.45, 2.75) is 25.9 Å². The maximum atomic E-state index is 13.9. The molecule has 1 saturated heterocycles. The van der Waals surface area contributed by atoms with Crippen LogP contribution in [-0.4, -0.2) is 43.0 Å². The summed E-state index contributed by atoms with van der Waals surface area (Å²) >= 11 is 0. The van der Waals surface area contributed by atoms with Gasteiger partial charge in [0.25, 0.3) is 0 Å². The lowest BCUT2D eigenvalue weighted by molar-refractivity contribution is -0.108. The monoisotopic (exact) mass is 380 g/mol. The van der Waals surface area contributed by atoms with Gasteiger partial charge in [-0.25, -0.2) is 4.39 Å². The molecule has 0 aliphatic carbocycles. The number of hydrogen-bond donors (Lipinski definition) is 2. The van der Waals surface area contributed by atoms with Crippen molar-refractivity contribution < 1.29 is 9.18 Å². The Labute approximate surface area is 164 Å². The standard InChI is InChI=1S/C22H25FN4O/c1-15(2)24-20-8-7-17(23)12-21(20)26-9-10-27(18(13-26)14-28)22-11-16-5-3-4-6-19(16)25-22/h3-8,11-12,14-15,18,24-25H,9-10,13H2,1-2H3. The molecule has 28 heavy (non-hydrogen) atoms. The Morgan fingerprint density at radius 2 is 2.00 bits per heavy atom. The molecule has 0 radical (unpaired) electrons. The van der Waals surface area contributed by atoms with Gasteiger partial charge in [-0.3, -0.25) is 0 Å². The van der Waals surface area contributed by atoms with Crippen LogP contribution >= 0.6 is 0 Å². The largest absolute Gasteiger partial charge is 0.381 e. The third-order valence-corrected chi connectivity index (χ3v) is 5.15. The van der Waals surface area contributed by atoms with Crippen molar-refractivity contribution in [3.63, 3.8) is 0 Å². The molecule has 3 aromatic rings. The van der Waals surface area contributed by atoms with Crippen LogP contribution in [0.25, 0.3) is 10.9 Å². The number of fused-ring (bicyclic) bond motifs is 1. The highest BCUT2D eigenvalue weighted by molar-refractivity contribution is 5.85. The van der Waals surface area contributed by atoms with E-state index in [9.17, 15) is 9.18 Å². The van der Waals surface area contributed by atoms with Crippen LogP contribution < -0.4 is 15.1 Å².